The van der Waals surface area contributed by atoms with Crippen molar-refractivity contribution >= 4 is 33.6 Å². The van der Waals surface area contributed by atoms with E-state index in [0.717, 1.165) is 12.1 Å². The van der Waals surface area contributed by atoms with Gasteiger partial charge in [-0.2, -0.15) is 26.3 Å². The molecule has 0 saturated carbocycles. The molecule has 11 heteroatoms. The Hall–Kier alpha value is -2.53. The SMILES string of the molecule is CC=Cc1cc(C(OCc2ccccc2)(C(F)(F)F)C(F)(F)F)ccc1N1C[C@H](C)N(C(=O)CBr)C[C@H]1C. The molecular weight excluding hydrogens is 578 g/mol. The quantitative estimate of drug-likeness (QED) is 0.249. The molecule has 2 aromatic rings. The summed E-state index contributed by atoms with van der Waals surface area (Å²) in [6.07, 6.45) is -8.56. The van der Waals surface area contributed by atoms with E-state index in [1.54, 1.807) is 24.0 Å². The molecule has 1 saturated heterocycles. The molecule has 208 valence electrons. The molecular formula is C27H29BrF6N2O2. The number of amides is 1. The van der Waals surface area contributed by atoms with Gasteiger partial charge in [0.05, 0.1) is 11.9 Å². The van der Waals surface area contributed by atoms with E-state index in [4.69, 9.17) is 4.74 Å². The van der Waals surface area contributed by atoms with Crippen LogP contribution in [0.15, 0.2) is 54.6 Å². The van der Waals surface area contributed by atoms with Gasteiger partial charge in [0.1, 0.15) is 0 Å². The van der Waals surface area contributed by atoms with Crippen molar-refractivity contribution in [1.82, 2.24) is 4.90 Å². The van der Waals surface area contributed by atoms with Crippen molar-refractivity contribution in [3.63, 3.8) is 0 Å². The van der Waals surface area contributed by atoms with Gasteiger partial charge in [0.2, 0.25) is 5.91 Å². The maximum absolute atomic E-state index is 14.4. The van der Waals surface area contributed by atoms with Gasteiger partial charge in [-0.1, -0.05) is 64.5 Å². The number of nitrogens with zero attached hydrogens (tertiary/aromatic N) is 2. The first-order valence-electron chi connectivity index (χ1n) is 12.0. The second-order valence-corrected chi connectivity index (χ2v) is 9.82. The summed E-state index contributed by atoms with van der Waals surface area (Å²) in [5, 5.41) is 0.155. The van der Waals surface area contributed by atoms with E-state index in [1.165, 1.54) is 36.4 Å². The minimum atomic E-state index is -5.79. The second kappa shape index (κ2) is 11.7. The van der Waals surface area contributed by atoms with Crippen molar-refractivity contribution < 1.29 is 35.9 Å². The van der Waals surface area contributed by atoms with Crippen molar-refractivity contribution in [2.24, 2.45) is 0 Å². The molecule has 1 heterocycles. The fourth-order valence-corrected chi connectivity index (χ4v) is 5.06. The van der Waals surface area contributed by atoms with Crippen LogP contribution in [0, 0.1) is 0 Å². The molecule has 1 aliphatic rings. The zero-order chi connectivity index (χ0) is 28.3. The first-order valence-corrected chi connectivity index (χ1v) is 13.1. The van der Waals surface area contributed by atoms with Crippen molar-refractivity contribution in [3.8, 4) is 0 Å². The standard InChI is InChI=1S/C27H29BrF6N2O2/c1-4-8-21-13-22(11-12-23(21)35-15-19(3)36(16-18(35)2)24(37)14-28)25(26(29,30)31,27(32,33)34)38-17-20-9-6-5-7-10-20/h4-13,18-19H,14-17H2,1-3H3/t18-,19+/m1/s1. The lowest BCUT2D eigenvalue weighted by Crippen LogP contribution is -2.58. The van der Waals surface area contributed by atoms with Gasteiger partial charge in [0.15, 0.2) is 0 Å². The second-order valence-electron chi connectivity index (χ2n) is 9.25. The molecule has 0 N–H and O–H groups in total. The topological polar surface area (TPSA) is 32.8 Å². The summed E-state index contributed by atoms with van der Waals surface area (Å²) in [6.45, 7) is 5.15. The molecule has 2 aromatic carbocycles. The minimum Gasteiger partial charge on any atom is -0.365 e. The van der Waals surface area contributed by atoms with Crippen LogP contribution in [-0.4, -0.2) is 53.7 Å². The molecule has 0 bridgehead atoms. The zero-order valence-electron chi connectivity index (χ0n) is 21.1. The Morgan fingerprint density at radius 2 is 1.63 bits per heavy atom. The van der Waals surface area contributed by atoms with Crippen molar-refractivity contribution in [2.45, 2.75) is 57.4 Å². The van der Waals surface area contributed by atoms with E-state index in [2.05, 4.69) is 15.9 Å². The Balaban J connectivity index is 2.10. The van der Waals surface area contributed by atoms with E-state index >= 15 is 0 Å². The number of hydrogen-bond donors (Lipinski definition) is 0. The van der Waals surface area contributed by atoms with Crippen LogP contribution in [0.25, 0.3) is 6.08 Å². The molecule has 1 aliphatic heterocycles. The summed E-state index contributed by atoms with van der Waals surface area (Å²) in [6, 6.07) is 9.97. The molecule has 1 fully saturated rings. The summed E-state index contributed by atoms with van der Waals surface area (Å²) in [5.74, 6) is -0.0938. The highest BCUT2D eigenvalue weighted by Crippen LogP contribution is 2.54. The first kappa shape index (κ1) is 30.0. The Labute approximate surface area is 226 Å². The van der Waals surface area contributed by atoms with E-state index in [1.807, 2.05) is 18.7 Å². The van der Waals surface area contributed by atoms with Crippen LogP contribution in [0.5, 0.6) is 0 Å². The fourth-order valence-electron chi connectivity index (χ4n) is 4.74. The normalized spacial score (nSPS) is 19.3. The van der Waals surface area contributed by atoms with E-state index in [0.29, 0.717) is 18.8 Å². The predicted molar refractivity (Wildman–Crippen MR) is 138 cm³/mol. The van der Waals surface area contributed by atoms with Crippen LogP contribution >= 0.6 is 15.9 Å². The zero-order valence-corrected chi connectivity index (χ0v) is 22.7. The molecule has 4 nitrogen and oxygen atoms in total. The van der Waals surface area contributed by atoms with E-state index in [-0.39, 0.29) is 34.4 Å². The highest BCUT2D eigenvalue weighted by Gasteiger charge is 2.73. The highest BCUT2D eigenvalue weighted by molar-refractivity contribution is 9.09. The third kappa shape index (κ3) is 5.88. The van der Waals surface area contributed by atoms with Crippen molar-refractivity contribution in [3.05, 3.63) is 71.3 Å². The van der Waals surface area contributed by atoms with Gasteiger partial charge >= 0.3 is 12.4 Å². The Kier molecular flexibility index (Phi) is 9.24. The molecule has 0 aliphatic carbocycles. The number of piperazine rings is 1. The Bertz CT molecular complexity index is 1120. The number of rotatable bonds is 7. The van der Waals surface area contributed by atoms with Crippen LogP contribution in [0.4, 0.5) is 32.0 Å². The Morgan fingerprint density at radius 3 is 2.18 bits per heavy atom. The molecule has 1 amide bonds. The molecule has 38 heavy (non-hydrogen) atoms. The number of carbonyl (C=O) groups is 1. The number of alkyl halides is 7. The molecule has 0 aromatic heterocycles. The van der Waals surface area contributed by atoms with Gasteiger partial charge in [-0.25, -0.2) is 0 Å². The number of carbonyl (C=O) groups excluding carboxylic acids is 1. The molecule has 0 unspecified atom stereocenters. The lowest BCUT2D eigenvalue weighted by atomic mass is 9.89. The molecule has 3 rings (SSSR count). The predicted octanol–water partition coefficient (Wildman–Crippen LogP) is 7.08. The summed E-state index contributed by atoms with van der Waals surface area (Å²) < 4.78 is 91.1. The van der Waals surface area contributed by atoms with E-state index < -0.39 is 30.1 Å². The number of ether oxygens (including phenoxy) is 1. The lowest BCUT2D eigenvalue weighted by molar-refractivity contribution is -0.392. The summed E-state index contributed by atoms with van der Waals surface area (Å²) in [5.41, 5.74) is -4.76. The average molecular weight is 607 g/mol. The van der Waals surface area contributed by atoms with Gasteiger partial charge in [0, 0.05) is 36.4 Å². The van der Waals surface area contributed by atoms with Gasteiger partial charge in [-0.3, -0.25) is 4.79 Å². The summed E-state index contributed by atoms with van der Waals surface area (Å²) >= 11 is 3.17. The first-order chi connectivity index (χ1) is 17.8. The summed E-state index contributed by atoms with van der Waals surface area (Å²) in [4.78, 5) is 15.9. The third-order valence-corrected chi connectivity index (χ3v) is 7.09. The van der Waals surface area contributed by atoms with Gasteiger partial charge < -0.3 is 14.5 Å². The number of anilines is 1. The number of allylic oxidation sites excluding steroid dienone is 1. The van der Waals surface area contributed by atoms with Crippen LogP contribution in [0.1, 0.15) is 37.5 Å². The number of hydrogen-bond acceptors (Lipinski definition) is 3. The Morgan fingerprint density at radius 1 is 1.00 bits per heavy atom. The maximum atomic E-state index is 14.4. The average Bonchev–Trinajstić information content (AvgIpc) is 2.84. The summed E-state index contributed by atoms with van der Waals surface area (Å²) in [7, 11) is 0. The maximum Gasteiger partial charge on any atom is 0.430 e. The number of halogens is 7. The van der Waals surface area contributed by atoms with Crippen molar-refractivity contribution in [1.29, 1.82) is 0 Å². The van der Waals surface area contributed by atoms with Crippen LogP contribution in [0.3, 0.4) is 0 Å². The van der Waals surface area contributed by atoms with Crippen LogP contribution in [-0.2, 0) is 21.7 Å². The largest absolute Gasteiger partial charge is 0.430 e. The highest BCUT2D eigenvalue weighted by atomic mass is 79.9. The minimum absolute atomic E-state index is 0.0938. The fraction of sp³-hybridized carbons (Fsp3) is 0.444. The van der Waals surface area contributed by atoms with Crippen LogP contribution < -0.4 is 4.90 Å². The van der Waals surface area contributed by atoms with Crippen LogP contribution in [0.2, 0.25) is 0 Å². The number of benzene rings is 2. The monoisotopic (exact) mass is 606 g/mol. The molecule has 0 spiro atoms. The lowest BCUT2D eigenvalue weighted by Gasteiger charge is -2.46. The molecule has 2 atom stereocenters. The van der Waals surface area contributed by atoms with Gasteiger partial charge in [0.25, 0.3) is 5.60 Å². The smallest absolute Gasteiger partial charge is 0.365 e. The van der Waals surface area contributed by atoms with Gasteiger partial charge in [-0.15, -0.1) is 0 Å². The van der Waals surface area contributed by atoms with Gasteiger partial charge in [-0.05, 0) is 44.0 Å². The molecule has 0 radical (unpaired) electrons. The third-order valence-electron chi connectivity index (χ3n) is 6.61. The van der Waals surface area contributed by atoms with E-state index in [9.17, 15) is 31.1 Å². The van der Waals surface area contributed by atoms with Crippen molar-refractivity contribution in [2.75, 3.05) is 23.3 Å².